The van der Waals surface area contributed by atoms with Gasteiger partial charge in [-0.1, -0.05) is 17.2 Å². The summed E-state index contributed by atoms with van der Waals surface area (Å²) in [6.07, 6.45) is 3.30. The fourth-order valence-corrected chi connectivity index (χ4v) is 2.49. The Balaban J connectivity index is 1.65. The van der Waals surface area contributed by atoms with E-state index in [0.717, 1.165) is 35.2 Å². The minimum absolute atomic E-state index is 0.198. The lowest BCUT2D eigenvalue weighted by molar-refractivity contribution is 0.370. The van der Waals surface area contributed by atoms with Crippen LogP contribution in [0, 0.1) is 13.8 Å². The highest BCUT2D eigenvalue weighted by Crippen LogP contribution is 2.38. The molecular weight excluding hydrogens is 256 g/mol. The van der Waals surface area contributed by atoms with Gasteiger partial charge in [0, 0.05) is 17.5 Å². The van der Waals surface area contributed by atoms with Crippen LogP contribution < -0.4 is 5.32 Å². The van der Waals surface area contributed by atoms with Crippen molar-refractivity contribution in [2.45, 2.75) is 58.5 Å². The van der Waals surface area contributed by atoms with Crippen LogP contribution in [0.15, 0.2) is 9.05 Å². The molecule has 0 aromatic carbocycles. The first-order valence-electron chi connectivity index (χ1n) is 7.17. The maximum Gasteiger partial charge on any atom is 0.229 e. The van der Waals surface area contributed by atoms with Crippen molar-refractivity contribution in [3.8, 4) is 0 Å². The Morgan fingerprint density at radius 3 is 2.65 bits per heavy atom. The fourth-order valence-electron chi connectivity index (χ4n) is 2.49. The van der Waals surface area contributed by atoms with Crippen LogP contribution in [0.25, 0.3) is 0 Å². The summed E-state index contributed by atoms with van der Waals surface area (Å²) in [7, 11) is 0. The molecule has 0 unspecified atom stereocenters. The monoisotopic (exact) mass is 276 g/mol. The summed E-state index contributed by atoms with van der Waals surface area (Å²) in [5.74, 6) is 2.87. The van der Waals surface area contributed by atoms with E-state index in [4.69, 9.17) is 9.05 Å². The molecular formula is C14H20N4O2. The lowest BCUT2D eigenvalue weighted by atomic mass is 10.0. The maximum atomic E-state index is 5.26. The van der Waals surface area contributed by atoms with Gasteiger partial charge in [0.15, 0.2) is 5.82 Å². The molecule has 2 aromatic heterocycles. The molecule has 0 saturated heterocycles. The van der Waals surface area contributed by atoms with Gasteiger partial charge in [-0.2, -0.15) is 4.98 Å². The quantitative estimate of drug-likeness (QED) is 0.874. The van der Waals surface area contributed by atoms with E-state index in [1.807, 2.05) is 13.8 Å². The van der Waals surface area contributed by atoms with Gasteiger partial charge in [-0.15, -0.1) is 0 Å². The number of aromatic nitrogens is 3. The van der Waals surface area contributed by atoms with E-state index in [2.05, 4.69) is 27.5 Å². The number of nitrogens with one attached hydrogen (secondary N) is 1. The molecule has 0 spiro atoms. The molecule has 0 bridgehead atoms. The van der Waals surface area contributed by atoms with Gasteiger partial charge in [0.2, 0.25) is 5.89 Å². The third-order valence-corrected chi connectivity index (χ3v) is 3.76. The Bertz CT molecular complexity index is 566. The average Bonchev–Trinajstić information content (AvgIpc) is 3.11. The highest BCUT2D eigenvalue weighted by atomic mass is 16.5. The molecule has 1 aliphatic rings. The summed E-state index contributed by atoms with van der Waals surface area (Å²) in [4.78, 5) is 4.43. The van der Waals surface area contributed by atoms with Crippen molar-refractivity contribution in [2.24, 2.45) is 0 Å². The van der Waals surface area contributed by atoms with E-state index >= 15 is 0 Å². The molecule has 0 amide bonds. The van der Waals surface area contributed by atoms with Crippen LogP contribution in [0.2, 0.25) is 0 Å². The van der Waals surface area contributed by atoms with Crippen LogP contribution in [-0.2, 0) is 6.54 Å². The molecule has 1 saturated carbocycles. The number of nitrogens with zero attached hydrogens (tertiary/aromatic N) is 3. The van der Waals surface area contributed by atoms with Crippen molar-refractivity contribution in [3.63, 3.8) is 0 Å². The smallest absolute Gasteiger partial charge is 0.229 e. The molecule has 1 aliphatic carbocycles. The normalized spacial score (nSPS) is 16.6. The molecule has 1 fully saturated rings. The molecule has 6 nitrogen and oxygen atoms in total. The van der Waals surface area contributed by atoms with Gasteiger partial charge < -0.3 is 14.4 Å². The summed E-state index contributed by atoms with van der Waals surface area (Å²) in [6, 6.07) is 0.198. The Morgan fingerprint density at radius 1 is 1.25 bits per heavy atom. The third-order valence-electron chi connectivity index (χ3n) is 3.76. The summed E-state index contributed by atoms with van der Waals surface area (Å²) in [6.45, 7) is 6.64. The van der Waals surface area contributed by atoms with Gasteiger partial charge in [-0.05, 0) is 33.1 Å². The topological polar surface area (TPSA) is 77.0 Å². The number of rotatable bonds is 6. The van der Waals surface area contributed by atoms with Crippen molar-refractivity contribution in [1.29, 1.82) is 0 Å². The first-order valence-corrected chi connectivity index (χ1v) is 7.17. The largest absolute Gasteiger partial charge is 0.361 e. The van der Waals surface area contributed by atoms with Crippen molar-refractivity contribution < 1.29 is 9.05 Å². The second-order valence-electron chi connectivity index (χ2n) is 5.40. The van der Waals surface area contributed by atoms with Crippen LogP contribution in [0.4, 0.5) is 0 Å². The lowest BCUT2D eigenvalue weighted by Gasteiger charge is -2.15. The molecule has 2 heterocycles. The summed E-state index contributed by atoms with van der Waals surface area (Å²) < 4.78 is 10.5. The molecule has 108 valence electrons. The van der Waals surface area contributed by atoms with Crippen LogP contribution in [0.1, 0.15) is 66.9 Å². The van der Waals surface area contributed by atoms with Crippen molar-refractivity contribution in [1.82, 2.24) is 20.6 Å². The summed E-state index contributed by atoms with van der Waals surface area (Å²) >= 11 is 0. The Morgan fingerprint density at radius 2 is 2.05 bits per heavy atom. The van der Waals surface area contributed by atoms with E-state index < -0.39 is 0 Å². The molecule has 2 aromatic rings. The van der Waals surface area contributed by atoms with Gasteiger partial charge in [0.1, 0.15) is 5.76 Å². The van der Waals surface area contributed by atoms with E-state index in [1.165, 1.54) is 12.8 Å². The molecule has 0 radical (unpaired) electrons. The van der Waals surface area contributed by atoms with E-state index in [1.54, 1.807) is 0 Å². The Labute approximate surface area is 117 Å². The van der Waals surface area contributed by atoms with Gasteiger partial charge >= 0.3 is 0 Å². The third kappa shape index (κ3) is 2.60. The molecule has 1 N–H and O–H groups in total. The molecule has 6 heteroatoms. The summed E-state index contributed by atoms with van der Waals surface area (Å²) in [5.41, 5.74) is 2.08. The Hall–Kier alpha value is -1.69. The van der Waals surface area contributed by atoms with Crippen LogP contribution >= 0.6 is 0 Å². The van der Waals surface area contributed by atoms with Crippen molar-refractivity contribution in [2.75, 3.05) is 0 Å². The standard InChI is InChI=1S/C14H20N4O2/c1-4-11(13-8(2)17-19-9(13)3)15-7-12-16-14(20-18-12)10-5-6-10/h10-11,15H,4-7H2,1-3H3/t11-/m1/s1. The van der Waals surface area contributed by atoms with Gasteiger partial charge in [-0.3, -0.25) is 0 Å². The predicted octanol–water partition coefficient (Wildman–Crippen LogP) is 2.79. The van der Waals surface area contributed by atoms with E-state index in [9.17, 15) is 0 Å². The Kier molecular flexibility index (Phi) is 3.56. The first-order chi connectivity index (χ1) is 9.69. The number of aryl methyl sites for hydroxylation is 2. The molecule has 20 heavy (non-hydrogen) atoms. The number of hydrogen-bond acceptors (Lipinski definition) is 6. The number of hydrogen-bond donors (Lipinski definition) is 1. The van der Waals surface area contributed by atoms with E-state index in [-0.39, 0.29) is 6.04 Å². The predicted molar refractivity (Wildman–Crippen MR) is 72.1 cm³/mol. The van der Waals surface area contributed by atoms with Crippen LogP contribution in [-0.4, -0.2) is 15.3 Å². The zero-order valence-corrected chi connectivity index (χ0v) is 12.1. The maximum absolute atomic E-state index is 5.26. The molecule has 0 aliphatic heterocycles. The zero-order chi connectivity index (χ0) is 14.1. The SMILES string of the molecule is CC[C@@H](NCc1noc(C2CC2)n1)c1c(C)noc1C. The van der Waals surface area contributed by atoms with Crippen LogP contribution in [0.5, 0.6) is 0 Å². The second-order valence-corrected chi connectivity index (χ2v) is 5.40. The first kappa shape index (κ1) is 13.3. The van der Waals surface area contributed by atoms with Crippen LogP contribution in [0.3, 0.4) is 0 Å². The van der Waals surface area contributed by atoms with E-state index in [0.29, 0.717) is 12.5 Å². The average molecular weight is 276 g/mol. The molecule has 3 rings (SSSR count). The minimum Gasteiger partial charge on any atom is -0.361 e. The fraction of sp³-hybridized carbons (Fsp3) is 0.643. The van der Waals surface area contributed by atoms with Crippen molar-refractivity contribution >= 4 is 0 Å². The minimum atomic E-state index is 0.198. The zero-order valence-electron chi connectivity index (χ0n) is 12.1. The molecule has 1 atom stereocenters. The second kappa shape index (κ2) is 5.36. The van der Waals surface area contributed by atoms with Gasteiger partial charge in [-0.25, -0.2) is 0 Å². The van der Waals surface area contributed by atoms with Gasteiger partial charge in [0.05, 0.1) is 12.2 Å². The van der Waals surface area contributed by atoms with Crippen molar-refractivity contribution in [3.05, 3.63) is 28.7 Å². The lowest BCUT2D eigenvalue weighted by Crippen LogP contribution is -2.22. The van der Waals surface area contributed by atoms with Gasteiger partial charge in [0.25, 0.3) is 0 Å². The summed E-state index contributed by atoms with van der Waals surface area (Å²) in [5, 5.41) is 11.5. The highest BCUT2D eigenvalue weighted by molar-refractivity contribution is 5.24. The highest BCUT2D eigenvalue weighted by Gasteiger charge is 2.29.